The maximum atomic E-state index is 12.3. The zero-order valence-electron chi connectivity index (χ0n) is 11.3. The summed E-state index contributed by atoms with van der Waals surface area (Å²) in [6, 6.07) is 1.38. The van der Waals surface area contributed by atoms with Crippen LogP contribution in [0.3, 0.4) is 0 Å². The third-order valence-electron chi connectivity index (χ3n) is 2.97. The normalized spacial score (nSPS) is 19.6. The Morgan fingerprint density at radius 2 is 2.30 bits per heavy atom. The maximum Gasteiger partial charge on any atom is 0.245 e. The first kappa shape index (κ1) is 16.0. The average Bonchev–Trinajstić information content (AvgIpc) is 2.99. The van der Waals surface area contributed by atoms with E-state index in [9.17, 15) is 8.42 Å². The second kappa shape index (κ2) is 7.04. The van der Waals surface area contributed by atoms with Gasteiger partial charge in [0, 0.05) is 18.7 Å². The summed E-state index contributed by atoms with van der Waals surface area (Å²) in [5, 5.41) is 3.17. The Hall–Kier alpha value is -0.410. The summed E-state index contributed by atoms with van der Waals surface area (Å²) in [5.74, 6) is 0.591. The SMILES string of the molecule is CCCNCc1cc(S(=O)(=O)NC2CCOC2)c(Br)o1. The van der Waals surface area contributed by atoms with Crippen LogP contribution >= 0.6 is 15.9 Å². The second-order valence-electron chi connectivity index (χ2n) is 4.71. The molecule has 2 N–H and O–H groups in total. The van der Waals surface area contributed by atoms with Crippen molar-refractivity contribution < 1.29 is 17.6 Å². The number of hydrogen-bond donors (Lipinski definition) is 2. The Balaban J connectivity index is 2.06. The maximum absolute atomic E-state index is 12.3. The van der Waals surface area contributed by atoms with Gasteiger partial charge in [-0.3, -0.25) is 0 Å². The molecular weight excluding hydrogens is 348 g/mol. The molecule has 0 aliphatic carbocycles. The van der Waals surface area contributed by atoms with Gasteiger partial charge in [-0.1, -0.05) is 6.92 Å². The van der Waals surface area contributed by atoms with Gasteiger partial charge in [0.1, 0.15) is 10.7 Å². The number of halogens is 1. The third-order valence-corrected chi connectivity index (χ3v) is 5.35. The van der Waals surface area contributed by atoms with E-state index in [0.717, 1.165) is 13.0 Å². The van der Waals surface area contributed by atoms with E-state index in [0.29, 0.717) is 31.9 Å². The lowest BCUT2D eigenvalue weighted by molar-refractivity contribution is 0.192. The average molecular weight is 367 g/mol. The molecule has 1 aliphatic rings. The predicted molar refractivity (Wildman–Crippen MR) is 78.0 cm³/mol. The Kier molecular flexibility index (Phi) is 5.62. The summed E-state index contributed by atoms with van der Waals surface area (Å²) in [6.45, 7) is 4.44. The Morgan fingerprint density at radius 3 is 2.95 bits per heavy atom. The van der Waals surface area contributed by atoms with Crippen molar-refractivity contribution in [2.24, 2.45) is 0 Å². The quantitative estimate of drug-likeness (QED) is 0.716. The van der Waals surface area contributed by atoms with Crippen LogP contribution in [0, 0.1) is 0 Å². The Labute approximate surface area is 127 Å². The van der Waals surface area contributed by atoms with Crippen LogP contribution in [0.4, 0.5) is 0 Å². The standard InChI is InChI=1S/C12H19BrN2O4S/c1-2-4-14-7-10-6-11(12(13)19-10)20(16,17)15-9-3-5-18-8-9/h6,9,14-15H,2-5,7-8H2,1H3. The van der Waals surface area contributed by atoms with Gasteiger partial charge < -0.3 is 14.5 Å². The van der Waals surface area contributed by atoms with Crippen LogP contribution in [0.15, 0.2) is 20.0 Å². The molecule has 0 radical (unpaired) electrons. The summed E-state index contributed by atoms with van der Waals surface area (Å²) in [5.41, 5.74) is 0. The molecule has 114 valence electrons. The number of ether oxygens (including phenoxy) is 1. The molecule has 1 saturated heterocycles. The molecule has 0 bridgehead atoms. The van der Waals surface area contributed by atoms with E-state index in [1.54, 1.807) is 6.07 Å². The molecular formula is C12H19BrN2O4S. The molecule has 1 unspecified atom stereocenters. The van der Waals surface area contributed by atoms with Crippen molar-refractivity contribution in [3.63, 3.8) is 0 Å². The minimum atomic E-state index is -3.58. The number of sulfonamides is 1. The smallest absolute Gasteiger partial charge is 0.245 e. The first-order chi connectivity index (χ1) is 9.53. The molecule has 20 heavy (non-hydrogen) atoms. The van der Waals surface area contributed by atoms with Crippen molar-refractivity contribution in [3.05, 3.63) is 16.5 Å². The third kappa shape index (κ3) is 4.05. The molecule has 2 heterocycles. The fourth-order valence-electron chi connectivity index (χ4n) is 1.97. The summed E-state index contributed by atoms with van der Waals surface area (Å²) in [6.07, 6.45) is 1.70. The molecule has 1 aliphatic heterocycles. The van der Waals surface area contributed by atoms with Gasteiger partial charge in [-0.05, 0) is 35.3 Å². The number of hydrogen-bond acceptors (Lipinski definition) is 5. The highest BCUT2D eigenvalue weighted by Crippen LogP contribution is 2.26. The lowest BCUT2D eigenvalue weighted by Gasteiger charge is -2.09. The predicted octanol–water partition coefficient (Wildman–Crippen LogP) is 1.61. The van der Waals surface area contributed by atoms with Gasteiger partial charge in [-0.2, -0.15) is 0 Å². The van der Waals surface area contributed by atoms with E-state index in [-0.39, 0.29) is 15.6 Å². The molecule has 0 saturated carbocycles. The Morgan fingerprint density at radius 1 is 1.50 bits per heavy atom. The molecule has 0 spiro atoms. The molecule has 1 aromatic rings. The molecule has 1 atom stereocenters. The van der Waals surface area contributed by atoms with Crippen molar-refractivity contribution >= 4 is 26.0 Å². The summed E-state index contributed by atoms with van der Waals surface area (Å²) in [7, 11) is -3.58. The van der Waals surface area contributed by atoms with Crippen molar-refractivity contribution in [1.82, 2.24) is 10.0 Å². The van der Waals surface area contributed by atoms with E-state index in [4.69, 9.17) is 9.15 Å². The van der Waals surface area contributed by atoms with Gasteiger partial charge in [0.25, 0.3) is 0 Å². The van der Waals surface area contributed by atoms with E-state index < -0.39 is 10.0 Å². The minimum absolute atomic E-state index is 0.137. The highest BCUT2D eigenvalue weighted by Gasteiger charge is 2.27. The summed E-state index contributed by atoms with van der Waals surface area (Å²) < 4.78 is 38.0. The van der Waals surface area contributed by atoms with Crippen LogP contribution in [-0.2, 0) is 21.3 Å². The highest BCUT2D eigenvalue weighted by atomic mass is 79.9. The topological polar surface area (TPSA) is 80.6 Å². The van der Waals surface area contributed by atoms with Crippen LogP contribution in [-0.4, -0.2) is 34.2 Å². The second-order valence-corrected chi connectivity index (χ2v) is 7.11. The Bertz CT molecular complexity index is 538. The number of furan rings is 1. The van der Waals surface area contributed by atoms with Crippen molar-refractivity contribution in [1.29, 1.82) is 0 Å². The summed E-state index contributed by atoms with van der Waals surface area (Å²) >= 11 is 3.17. The van der Waals surface area contributed by atoms with Gasteiger partial charge in [0.05, 0.1) is 13.2 Å². The first-order valence-corrected chi connectivity index (χ1v) is 8.89. The molecule has 6 nitrogen and oxygen atoms in total. The van der Waals surface area contributed by atoms with E-state index in [1.807, 2.05) is 0 Å². The monoisotopic (exact) mass is 366 g/mol. The zero-order valence-corrected chi connectivity index (χ0v) is 13.7. The van der Waals surface area contributed by atoms with Crippen molar-refractivity contribution in [2.75, 3.05) is 19.8 Å². The highest BCUT2D eigenvalue weighted by molar-refractivity contribution is 9.10. The lowest BCUT2D eigenvalue weighted by Crippen LogP contribution is -2.34. The molecule has 0 amide bonds. The van der Waals surface area contributed by atoms with Crippen molar-refractivity contribution in [3.8, 4) is 0 Å². The lowest BCUT2D eigenvalue weighted by atomic mass is 10.3. The van der Waals surface area contributed by atoms with Gasteiger partial charge in [-0.25, -0.2) is 13.1 Å². The number of rotatable bonds is 7. The van der Waals surface area contributed by atoms with Crippen LogP contribution in [0.5, 0.6) is 0 Å². The molecule has 2 rings (SSSR count). The van der Waals surface area contributed by atoms with Gasteiger partial charge in [0.2, 0.25) is 10.0 Å². The van der Waals surface area contributed by atoms with Crippen LogP contribution in [0.25, 0.3) is 0 Å². The molecule has 1 aromatic heterocycles. The fraction of sp³-hybridized carbons (Fsp3) is 0.667. The molecule has 8 heteroatoms. The van der Waals surface area contributed by atoms with Gasteiger partial charge >= 0.3 is 0 Å². The largest absolute Gasteiger partial charge is 0.452 e. The van der Waals surface area contributed by atoms with Crippen LogP contribution < -0.4 is 10.0 Å². The molecule has 1 fully saturated rings. The van der Waals surface area contributed by atoms with Crippen LogP contribution in [0.2, 0.25) is 0 Å². The number of nitrogens with one attached hydrogen (secondary N) is 2. The summed E-state index contributed by atoms with van der Waals surface area (Å²) in [4.78, 5) is 0.137. The first-order valence-electron chi connectivity index (χ1n) is 6.62. The van der Waals surface area contributed by atoms with E-state index >= 15 is 0 Å². The fourth-order valence-corrected chi connectivity index (χ4v) is 4.22. The van der Waals surface area contributed by atoms with Gasteiger partial charge in [-0.15, -0.1) is 0 Å². The van der Waals surface area contributed by atoms with Crippen LogP contribution in [0.1, 0.15) is 25.5 Å². The van der Waals surface area contributed by atoms with Gasteiger partial charge in [0.15, 0.2) is 4.67 Å². The molecule has 0 aromatic carbocycles. The minimum Gasteiger partial charge on any atom is -0.452 e. The van der Waals surface area contributed by atoms with Crippen molar-refractivity contribution in [2.45, 2.75) is 37.2 Å². The zero-order chi connectivity index (χ0) is 14.6. The van der Waals surface area contributed by atoms with E-state index in [2.05, 4.69) is 32.9 Å². The van der Waals surface area contributed by atoms with E-state index in [1.165, 1.54) is 0 Å².